The lowest BCUT2D eigenvalue weighted by molar-refractivity contribution is 0.199. The lowest BCUT2D eigenvalue weighted by Gasteiger charge is -2.26. The van der Waals surface area contributed by atoms with Crippen LogP contribution in [0.5, 0.6) is 0 Å². The molecule has 1 amide bonds. The van der Waals surface area contributed by atoms with Crippen LogP contribution in [-0.4, -0.2) is 11.2 Å². The standard InChI is InChI=1S/C19H16BrNO3/c1-13(14-5-3-2-4-6-14)21(19(22)23)17-11-12-24-18(17)15-7-9-16(20)10-8-15/h2-13H,1H3,(H,22,23). The molecule has 5 heteroatoms. The van der Waals surface area contributed by atoms with Gasteiger partial charge in [0.25, 0.3) is 0 Å². The molecule has 1 aromatic heterocycles. The minimum atomic E-state index is -1.02. The Morgan fingerprint density at radius 3 is 2.38 bits per heavy atom. The number of hydrogen-bond acceptors (Lipinski definition) is 2. The second-order valence-electron chi connectivity index (χ2n) is 5.38. The van der Waals surface area contributed by atoms with Crippen molar-refractivity contribution in [1.29, 1.82) is 0 Å². The van der Waals surface area contributed by atoms with Crippen LogP contribution in [0.25, 0.3) is 11.3 Å². The number of rotatable bonds is 4. The van der Waals surface area contributed by atoms with Crippen molar-refractivity contribution in [3.05, 3.63) is 77.0 Å². The van der Waals surface area contributed by atoms with Crippen LogP contribution in [0.1, 0.15) is 18.5 Å². The quantitative estimate of drug-likeness (QED) is 0.602. The largest absolute Gasteiger partial charge is 0.465 e. The van der Waals surface area contributed by atoms with E-state index in [0.717, 1.165) is 15.6 Å². The number of furan rings is 1. The van der Waals surface area contributed by atoms with Gasteiger partial charge in [0.1, 0.15) is 0 Å². The summed E-state index contributed by atoms with van der Waals surface area (Å²) >= 11 is 3.40. The van der Waals surface area contributed by atoms with Gasteiger partial charge in [0.05, 0.1) is 18.0 Å². The van der Waals surface area contributed by atoms with E-state index in [1.165, 1.54) is 11.2 Å². The van der Waals surface area contributed by atoms with Gasteiger partial charge < -0.3 is 9.52 Å². The number of carbonyl (C=O) groups is 1. The van der Waals surface area contributed by atoms with Crippen LogP contribution in [0.15, 0.2) is 75.8 Å². The summed E-state index contributed by atoms with van der Waals surface area (Å²) in [6.45, 7) is 1.86. The topological polar surface area (TPSA) is 53.7 Å². The predicted octanol–water partition coefficient (Wildman–Crippen LogP) is 5.95. The van der Waals surface area contributed by atoms with Crippen molar-refractivity contribution in [3.63, 3.8) is 0 Å². The number of halogens is 1. The summed E-state index contributed by atoms with van der Waals surface area (Å²) in [7, 11) is 0. The van der Waals surface area contributed by atoms with E-state index < -0.39 is 6.09 Å². The first-order valence-electron chi connectivity index (χ1n) is 7.48. The normalized spacial score (nSPS) is 11.9. The molecular weight excluding hydrogens is 370 g/mol. The molecule has 1 atom stereocenters. The van der Waals surface area contributed by atoms with E-state index in [4.69, 9.17) is 4.42 Å². The third-order valence-corrected chi connectivity index (χ3v) is 4.41. The lowest BCUT2D eigenvalue weighted by Crippen LogP contribution is -2.32. The molecule has 122 valence electrons. The van der Waals surface area contributed by atoms with Gasteiger partial charge in [-0.25, -0.2) is 4.79 Å². The van der Waals surface area contributed by atoms with Crippen molar-refractivity contribution in [1.82, 2.24) is 0 Å². The zero-order valence-electron chi connectivity index (χ0n) is 13.0. The molecule has 0 bridgehead atoms. The van der Waals surface area contributed by atoms with Gasteiger partial charge in [-0.2, -0.15) is 0 Å². The summed E-state index contributed by atoms with van der Waals surface area (Å²) in [5.41, 5.74) is 2.27. The molecule has 0 spiro atoms. The summed E-state index contributed by atoms with van der Waals surface area (Å²) in [6, 6.07) is 18.5. The van der Waals surface area contributed by atoms with Gasteiger partial charge in [0.2, 0.25) is 0 Å². The van der Waals surface area contributed by atoms with Crippen LogP contribution >= 0.6 is 15.9 Å². The van der Waals surface area contributed by atoms with Crippen LogP contribution < -0.4 is 4.90 Å². The monoisotopic (exact) mass is 385 g/mol. The van der Waals surface area contributed by atoms with Crippen LogP contribution in [-0.2, 0) is 0 Å². The van der Waals surface area contributed by atoms with Gasteiger partial charge in [-0.1, -0.05) is 58.4 Å². The molecule has 2 aromatic carbocycles. The molecule has 4 nitrogen and oxygen atoms in total. The van der Waals surface area contributed by atoms with Crippen molar-refractivity contribution in [2.75, 3.05) is 4.90 Å². The molecule has 3 rings (SSSR count). The lowest BCUT2D eigenvalue weighted by atomic mass is 10.1. The van der Waals surface area contributed by atoms with E-state index in [9.17, 15) is 9.90 Å². The van der Waals surface area contributed by atoms with Crippen molar-refractivity contribution in [2.45, 2.75) is 13.0 Å². The van der Waals surface area contributed by atoms with Crippen LogP contribution in [0.3, 0.4) is 0 Å². The Hall–Kier alpha value is -2.53. The highest BCUT2D eigenvalue weighted by Gasteiger charge is 2.27. The minimum Gasteiger partial charge on any atom is -0.465 e. The number of benzene rings is 2. The zero-order chi connectivity index (χ0) is 17.1. The fourth-order valence-electron chi connectivity index (χ4n) is 2.67. The fraction of sp³-hybridized carbons (Fsp3) is 0.105. The Kier molecular flexibility index (Phi) is 4.71. The first-order chi connectivity index (χ1) is 11.6. The zero-order valence-corrected chi connectivity index (χ0v) is 14.6. The highest BCUT2D eigenvalue weighted by Crippen LogP contribution is 2.37. The summed E-state index contributed by atoms with van der Waals surface area (Å²) < 4.78 is 6.54. The molecule has 0 fully saturated rings. The molecule has 0 saturated carbocycles. The molecule has 1 N–H and O–H groups in total. The number of anilines is 1. The highest BCUT2D eigenvalue weighted by atomic mass is 79.9. The average Bonchev–Trinajstić information content (AvgIpc) is 3.05. The maximum absolute atomic E-state index is 11.9. The summed E-state index contributed by atoms with van der Waals surface area (Å²) in [4.78, 5) is 13.3. The first kappa shape index (κ1) is 16.3. The molecule has 0 aliphatic heterocycles. The fourth-order valence-corrected chi connectivity index (χ4v) is 2.93. The van der Waals surface area contributed by atoms with E-state index in [1.807, 2.05) is 61.5 Å². The molecule has 1 heterocycles. The third-order valence-electron chi connectivity index (χ3n) is 3.89. The third kappa shape index (κ3) is 3.21. The van der Waals surface area contributed by atoms with Crippen molar-refractivity contribution < 1.29 is 14.3 Å². The molecule has 0 saturated heterocycles. The van der Waals surface area contributed by atoms with Crippen LogP contribution in [0.4, 0.5) is 10.5 Å². The van der Waals surface area contributed by atoms with Gasteiger partial charge in [-0.15, -0.1) is 0 Å². The van der Waals surface area contributed by atoms with Crippen molar-refractivity contribution in [2.24, 2.45) is 0 Å². The van der Waals surface area contributed by atoms with Gasteiger partial charge >= 0.3 is 6.09 Å². The molecule has 0 aliphatic carbocycles. The van der Waals surface area contributed by atoms with Gasteiger partial charge in [0, 0.05) is 16.1 Å². The molecule has 24 heavy (non-hydrogen) atoms. The Morgan fingerprint density at radius 1 is 1.08 bits per heavy atom. The van der Waals surface area contributed by atoms with E-state index in [-0.39, 0.29) is 6.04 Å². The molecule has 0 radical (unpaired) electrons. The Morgan fingerprint density at radius 2 is 1.75 bits per heavy atom. The number of nitrogens with zero attached hydrogens (tertiary/aromatic N) is 1. The van der Waals surface area contributed by atoms with E-state index >= 15 is 0 Å². The van der Waals surface area contributed by atoms with E-state index in [1.54, 1.807) is 6.07 Å². The SMILES string of the molecule is CC(c1ccccc1)N(C(=O)O)c1ccoc1-c1ccc(Br)cc1. The summed E-state index contributed by atoms with van der Waals surface area (Å²) in [6.07, 6.45) is 0.492. The maximum atomic E-state index is 11.9. The Labute approximate surface area is 148 Å². The van der Waals surface area contributed by atoms with E-state index in [2.05, 4.69) is 15.9 Å². The highest BCUT2D eigenvalue weighted by molar-refractivity contribution is 9.10. The number of amides is 1. The van der Waals surface area contributed by atoms with Crippen LogP contribution in [0, 0.1) is 0 Å². The molecule has 3 aromatic rings. The first-order valence-corrected chi connectivity index (χ1v) is 8.28. The van der Waals surface area contributed by atoms with Gasteiger partial charge in [-0.3, -0.25) is 4.90 Å². The number of hydrogen-bond donors (Lipinski definition) is 1. The molecular formula is C19H16BrNO3. The smallest absolute Gasteiger partial charge is 0.412 e. The van der Waals surface area contributed by atoms with Gasteiger partial charge in [-0.05, 0) is 24.6 Å². The second kappa shape index (κ2) is 6.93. The Bertz CT molecular complexity index is 827. The van der Waals surface area contributed by atoms with Crippen molar-refractivity contribution >= 4 is 27.7 Å². The summed E-state index contributed by atoms with van der Waals surface area (Å²) in [5.74, 6) is 0.535. The minimum absolute atomic E-state index is 0.338. The number of carboxylic acid groups (broad SMARTS) is 1. The predicted molar refractivity (Wildman–Crippen MR) is 97.2 cm³/mol. The average molecular weight is 386 g/mol. The van der Waals surface area contributed by atoms with E-state index in [0.29, 0.717) is 11.4 Å². The van der Waals surface area contributed by atoms with Gasteiger partial charge in [0.15, 0.2) is 5.76 Å². The summed E-state index contributed by atoms with van der Waals surface area (Å²) in [5, 5.41) is 9.77. The second-order valence-corrected chi connectivity index (χ2v) is 6.30. The Balaban J connectivity index is 2.03. The van der Waals surface area contributed by atoms with Crippen molar-refractivity contribution in [3.8, 4) is 11.3 Å². The maximum Gasteiger partial charge on any atom is 0.412 e. The molecule has 0 aliphatic rings. The van der Waals surface area contributed by atoms with Crippen LogP contribution in [0.2, 0.25) is 0 Å². The molecule has 1 unspecified atom stereocenters.